The molecule has 0 bridgehead atoms. The monoisotopic (exact) mass is 457 g/mol. The van der Waals surface area contributed by atoms with Gasteiger partial charge in [-0.1, -0.05) is 44.0 Å². The molecule has 0 saturated carbocycles. The van der Waals surface area contributed by atoms with Gasteiger partial charge in [0.25, 0.3) is 0 Å². The summed E-state index contributed by atoms with van der Waals surface area (Å²) in [5, 5.41) is 10.1. The maximum atomic E-state index is 12.9. The fourth-order valence-corrected chi connectivity index (χ4v) is 2.63. The lowest BCUT2D eigenvalue weighted by Crippen LogP contribution is -2.28. The Morgan fingerprint density at radius 1 is 1.17 bits per heavy atom. The molecule has 3 nitrogen and oxygen atoms in total. The average molecular weight is 459 g/mol. The van der Waals surface area contributed by atoms with E-state index in [0.717, 1.165) is 15.7 Å². The molecular weight excluding hydrogens is 445 g/mol. The van der Waals surface area contributed by atoms with Crippen LogP contribution in [-0.2, 0) is 0 Å². The van der Waals surface area contributed by atoms with Gasteiger partial charge in [-0.15, -0.1) is 0 Å². The smallest absolute Gasteiger partial charge is 0.193 e. The molecular formula is C16H14Br2FN3S. The number of thiocarbonyl (C=S) groups is 1. The van der Waals surface area contributed by atoms with E-state index in [0.29, 0.717) is 16.1 Å². The highest BCUT2D eigenvalue weighted by atomic mass is 79.9. The molecule has 0 spiro atoms. The van der Waals surface area contributed by atoms with Crippen molar-refractivity contribution in [2.75, 3.05) is 17.7 Å². The Bertz CT molecular complexity index is 702. The van der Waals surface area contributed by atoms with Crippen molar-refractivity contribution in [3.05, 3.63) is 64.4 Å². The van der Waals surface area contributed by atoms with Crippen LogP contribution in [0.5, 0.6) is 0 Å². The molecule has 0 aromatic heterocycles. The summed E-state index contributed by atoms with van der Waals surface area (Å²) in [6.45, 7) is 0. The highest BCUT2D eigenvalue weighted by Crippen LogP contribution is 2.13. The summed E-state index contributed by atoms with van der Waals surface area (Å²) in [7, 11) is 1.76. The minimum Gasteiger partial charge on any atom is -0.331 e. The molecule has 0 unspecified atom stereocenters. The number of rotatable bonds is 4. The van der Waals surface area contributed by atoms with E-state index < -0.39 is 0 Å². The SMILES string of the molecule is CN(N=C(CBr)c1ccc(Br)cc1)C(=S)Nc1ccc(F)cc1. The Morgan fingerprint density at radius 3 is 2.35 bits per heavy atom. The summed E-state index contributed by atoms with van der Waals surface area (Å²) >= 11 is 12.2. The van der Waals surface area contributed by atoms with Crippen LogP contribution in [0.15, 0.2) is 58.1 Å². The van der Waals surface area contributed by atoms with Gasteiger partial charge in [0.1, 0.15) is 5.82 Å². The van der Waals surface area contributed by atoms with Crippen LogP contribution in [0.1, 0.15) is 5.56 Å². The number of halogens is 3. The Morgan fingerprint density at radius 2 is 1.78 bits per heavy atom. The van der Waals surface area contributed by atoms with Crippen LogP contribution in [0.2, 0.25) is 0 Å². The molecule has 0 radical (unpaired) electrons. The van der Waals surface area contributed by atoms with Crippen molar-refractivity contribution in [3.63, 3.8) is 0 Å². The number of hydrogen-bond acceptors (Lipinski definition) is 2. The molecule has 1 N–H and O–H groups in total. The minimum absolute atomic E-state index is 0.287. The van der Waals surface area contributed by atoms with Crippen molar-refractivity contribution in [1.29, 1.82) is 0 Å². The molecule has 0 amide bonds. The first kappa shape index (κ1) is 18.0. The number of hydrazone groups is 1. The molecule has 0 aliphatic heterocycles. The Hall–Kier alpha value is -1.31. The van der Waals surface area contributed by atoms with Gasteiger partial charge in [-0.3, -0.25) is 0 Å². The lowest BCUT2D eigenvalue weighted by molar-refractivity contribution is 0.553. The topological polar surface area (TPSA) is 27.6 Å². The Kier molecular flexibility index (Phi) is 6.68. The number of nitrogens with one attached hydrogen (secondary N) is 1. The number of hydrogen-bond donors (Lipinski definition) is 1. The highest BCUT2D eigenvalue weighted by molar-refractivity contribution is 9.10. The molecule has 0 atom stereocenters. The molecule has 0 saturated heterocycles. The molecule has 2 rings (SSSR count). The van der Waals surface area contributed by atoms with Crippen LogP contribution in [0.25, 0.3) is 0 Å². The third-order valence-electron chi connectivity index (χ3n) is 2.96. The molecule has 0 aliphatic rings. The second-order valence-electron chi connectivity index (χ2n) is 4.65. The van der Waals surface area contributed by atoms with Crippen LogP contribution in [0.3, 0.4) is 0 Å². The lowest BCUT2D eigenvalue weighted by Gasteiger charge is -2.17. The number of alkyl halides is 1. The Balaban J connectivity index is 2.10. The van der Waals surface area contributed by atoms with Crippen molar-refractivity contribution in [2.45, 2.75) is 0 Å². The van der Waals surface area contributed by atoms with Crippen molar-refractivity contribution in [2.24, 2.45) is 5.10 Å². The van der Waals surface area contributed by atoms with Crippen molar-refractivity contribution < 1.29 is 4.39 Å². The molecule has 2 aromatic rings. The average Bonchev–Trinajstić information content (AvgIpc) is 2.55. The lowest BCUT2D eigenvalue weighted by atomic mass is 10.1. The first-order valence-corrected chi connectivity index (χ1v) is 9.01. The zero-order chi connectivity index (χ0) is 16.8. The first-order valence-electron chi connectivity index (χ1n) is 6.69. The van der Waals surface area contributed by atoms with E-state index in [1.807, 2.05) is 24.3 Å². The molecule has 0 heterocycles. The normalized spacial score (nSPS) is 11.2. The number of benzene rings is 2. The van der Waals surface area contributed by atoms with Gasteiger partial charge < -0.3 is 5.32 Å². The van der Waals surface area contributed by atoms with Crippen molar-refractivity contribution in [3.8, 4) is 0 Å². The van der Waals surface area contributed by atoms with E-state index in [1.54, 1.807) is 24.2 Å². The molecule has 120 valence electrons. The molecule has 0 aliphatic carbocycles. The number of nitrogens with zero attached hydrogens (tertiary/aromatic N) is 2. The van der Waals surface area contributed by atoms with Gasteiger partial charge in [0.05, 0.1) is 5.71 Å². The van der Waals surface area contributed by atoms with Gasteiger partial charge in [0.2, 0.25) is 0 Å². The van der Waals surface area contributed by atoms with Gasteiger partial charge in [0.15, 0.2) is 5.11 Å². The maximum absolute atomic E-state index is 12.9. The van der Waals surface area contributed by atoms with Crippen LogP contribution in [0.4, 0.5) is 10.1 Å². The summed E-state index contributed by atoms with van der Waals surface area (Å²) in [5.41, 5.74) is 2.56. The first-order chi connectivity index (χ1) is 11.0. The molecule has 2 aromatic carbocycles. The predicted octanol–water partition coefficient (Wildman–Crippen LogP) is 5.02. The van der Waals surface area contributed by atoms with Crippen LogP contribution >= 0.6 is 44.1 Å². The van der Waals surface area contributed by atoms with E-state index in [9.17, 15) is 4.39 Å². The zero-order valence-corrected chi connectivity index (χ0v) is 16.3. The van der Waals surface area contributed by atoms with E-state index >= 15 is 0 Å². The number of anilines is 1. The second-order valence-corrected chi connectivity index (χ2v) is 6.51. The third kappa shape index (κ3) is 5.37. The largest absolute Gasteiger partial charge is 0.331 e. The van der Waals surface area contributed by atoms with E-state index in [4.69, 9.17) is 12.2 Å². The summed E-state index contributed by atoms with van der Waals surface area (Å²) in [6, 6.07) is 13.9. The van der Waals surface area contributed by atoms with Gasteiger partial charge in [0, 0.05) is 22.5 Å². The van der Waals surface area contributed by atoms with Crippen molar-refractivity contribution >= 4 is 60.6 Å². The molecule has 0 fully saturated rings. The van der Waals surface area contributed by atoms with E-state index in [1.165, 1.54) is 12.1 Å². The van der Waals surface area contributed by atoms with Crippen LogP contribution in [0, 0.1) is 5.82 Å². The highest BCUT2D eigenvalue weighted by Gasteiger charge is 2.08. The minimum atomic E-state index is -0.287. The van der Waals surface area contributed by atoms with E-state index in [-0.39, 0.29) is 5.82 Å². The van der Waals surface area contributed by atoms with Crippen LogP contribution < -0.4 is 5.32 Å². The third-order valence-corrected chi connectivity index (χ3v) is 4.39. The second kappa shape index (κ2) is 8.52. The maximum Gasteiger partial charge on any atom is 0.193 e. The molecule has 23 heavy (non-hydrogen) atoms. The molecule has 7 heteroatoms. The quantitative estimate of drug-likeness (QED) is 0.302. The van der Waals surface area contributed by atoms with Crippen LogP contribution in [-0.4, -0.2) is 28.2 Å². The predicted molar refractivity (Wildman–Crippen MR) is 105 cm³/mol. The summed E-state index contributed by atoms with van der Waals surface area (Å²) in [4.78, 5) is 0. The summed E-state index contributed by atoms with van der Waals surface area (Å²) in [5.74, 6) is -0.287. The standard InChI is InChI=1S/C16H14Br2FN3S/c1-22(16(23)20-14-8-6-13(19)7-9-14)21-15(10-17)11-2-4-12(18)5-3-11/h2-9H,10H2,1H3,(H,20,23). The zero-order valence-electron chi connectivity index (χ0n) is 12.3. The van der Waals surface area contributed by atoms with Gasteiger partial charge in [-0.25, -0.2) is 9.40 Å². The van der Waals surface area contributed by atoms with E-state index in [2.05, 4.69) is 42.3 Å². The summed E-state index contributed by atoms with van der Waals surface area (Å²) < 4.78 is 13.9. The fraction of sp³-hybridized carbons (Fsp3) is 0.125. The van der Waals surface area contributed by atoms with Gasteiger partial charge in [-0.2, -0.15) is 5.10 Å². The Labute approximate surface area is 156 Å². The van der Waals surface area contributed by atoms with Crippen molar-refractivity contribution in [1.82, 2.24) is 5.01 Å². The van der Waals surface area contributed by atoms with Gasteiger partial charge >= 0.3 is 0 Å². The summed E-state index contributed by atoms with van der Waals surface area (Å²) in [6.07, 6.45) is 0. The van der Waals surface area contributed by atoms with Gasteiger partial charge in [-0.05, 0) is 54.2 Å². The fourth-order valence-electron chi connectivity index (χ4n) is 1.77.